The smallest absolute Gasteiger partial charge is 0.119 e. The molecule has 0 bridgehead atoms. The molecule has 0 aliphatic rings. The predicted octanol–water partition coefficient (Wildman–Crippen LogP) is 4.71. The van der Waals surface area contributed by atoms with Gasteiger partial charge in [-0.1, -0.05) is 10.3 Å². The minimum Gasteiger partial charge on any atom is -0.494 e. The number of hydrogen-bond donors (Lipinski definition) is 2. The second-order valence-electron chi connectivity index (χ2n) is 5.86. The molecule has 0 aromatic heterocycles. The average Bonchev–Trinajstić information content (AvgIpc) is 2.70. The van der Waals surface area contributed by atoms with E-state index in [1.807, 2.05) is 62.4 Å². The highest BCUT2D eigenvalue weighted by atomic mass is 16.5. The van der Waals surface area contributed by atoms with Gasteiger partial charge in [-0.3, -0.25) is 0 Å². The van der Waals surface area contributed by atoms with Crippen molar-refractivity contribution in [3.05, 3.63) is 59.7 Å². The van der Waals surface area contributed by atoms with E-state index in [1.165, 1.54) is 0 Å². The molecule has 0 unspecified atom stereocenters. The van der Waals surface area contributed by atoms with Crippen LogP contribution in [0.4, 0.5) is 0 Å². The molecule has 0 amide bonds. The molecule has 27 heavy (non-hydrogen) atoms. The van der Waals surface area contributed by atoms with Crippen LogP contribution in [-0.2, 0) is 0 Å². The molecule has 2 N–H and O–H groups in total. The molecule has 144 valence electrons. The van der Waals surface area contributed by atoms with Crippen molar-refractivity contribution < 1.29 is 19.9 Å². The standard InChI is InChI=1S/C21H26N2O4/c1-3-26-18-12-8-16(9-13-18)20(22-24)6-5-7-21(23-25)17-10-14-19(15-11-17)27-4-2/h8-15,24-25H,3-7H2,1-2H3. The van der Waals surface area contributed by atoms with Crippen molar-refractivity contribution in [2.45, 2.75) is 33.1 Å². The van der Waals surface area contributed by atoms with Crippen LogP contribution < -0.4 is 9.47 Å². The van der Waals surface area contributed by atoms with Gasteiger partial charge in [-0.05, 0) is 92.8 Å². The monoisotopic (exact) mass is 370 g/mol. The highest BCUT2D eigenvalue weighted by Gasteiger charge is 2.09. The summed E-state index contributed by atoms with van der Waals surface area (Å²) < 4.78 is 10.8. The molecule has 0 heterocycles. The Kier molecular flexibility index (Phi) is 8.16. The molecule has 2 aromatic rings. The molecular weight excluding hydrogens is 344 g/mol. The minimum atomic E-state index is 0.556. The van der Waals surface area contributed by atoms with E-state index < -0.39 is 0 Å². The molecule has 0 radical (unpaired) electrons. The van der Waals surface area contributed by atoms with Gasteiger partial charge in [0, 0.05) is 0 Å². The maximum absolute atomic E-state index is 9.34. The summed E-state index contributed by atoms with van der Waals surface area (Å²) in [6.45, 7) is 5.07. The van der Waals surface area contributed by atoms with Gasteiger partial charge in [0.25, 0.3) is 0 Å². The van der Waals surface area contributed by atoms with E-state index in [4.69, 9.17) is 9.47 Å². The quantitative estimate of drug-likeness (QED) is 0.360. The molecule has 0 saturated heterocycles. The molecule has 2 rings (SSSR count). The Morgan fingerprint density at radius 3 is 1.37 bits per heavy atom. The summed E-state index contributed by atoms with van der Waals surface area (Å²) in [5.74, 6) is 1.56. The summed E-state index contributed by atoms with van der Waals surface area (Å²) in [5, 5.41) is 25.5. The lowest BCUT2D eigenvalue weighted by Crippen LogP contribution is -2.06. The van der Waals surface area contributed by atoms with Gasteiger partial charge >= 0.3 is 0 Å². The van der Waals surface area contributed by atoms with Crippen LogP contribution in [0.2, 0.25) is 0 Å². The minimum absolute atomic E-state index is 0.556. The van der Waals surface area contributed by atoms with E-state index in [0.29, 0.717) is 43.9 Å². The van der Waals surface area contributed by atoms with Gasteiger partial charge in [0.2, 0.25) is 0 Å². The molecule has 0 aliphatic heterocycles. The molecule has 0 saturated carbocycles. The van der Waals surface area contributed by atoms with Crippen LogP contribution in [0.25, 0.3) is 0 Å². The highest BCUT2D eigenvalue weighted by Crippen LogP contribution is 2.17. The fourth-order valence-electron chi connectivity index (χ4n) is 2.75. The van der Waals surface area contributed by atoms with Gasteiger partial charge in [0.1, 0.15) is 11.5 Å². The fraction of sp³-hybridized carbons (Fsp3) is 0.333. The number of benzene rings is 2. The van der Waals surface area contributed by atoms with Gasteiger partial charge in [0.05, 0.1) is 24.6 Å². The van der Waals surface area contributed by atoms with Crippen LogP contribution in [-0.4, -0.2) is 35.1 Å². The maximum atomic E-state index is 9.34. The number of nitrogens with zero attached hydrogens (tertiary/aromatic N) is 2. The molecule has 2 aromatic carbocycles. The fourth-order valence-corrected chi connectivity index (χ4v) is 2.75. The number of hydrogen-bond acceptors (Lipinski definition) is 6. The first-order valence-corrected chi connectivity index (χ1v) is 9.10. The first kappa shape index (κ1) is 20.3. The second-order valence-corrected chi connectivity index (χ2v) is 5.86. The van der Waals surface area contributed by atoms with E-state index in [0.717, 1.165) is 22.6 Å². The zero-order valence-corrected chi connectivity index (χ0v) is 15.8. The zero-order chi connectivity index (χ0) is 19.5. The Bertz CT molecular complexity index is 687. The second kappa shape index (κ2) is 10.9. The van der Waals surface area contributed by atoms with Crippen molar-refractivity contribution in [1.29, 1.82) is 0 Å². The van der Waals surface area contributed by atoms with E-state index in [2.05, 4.69) is 10.3 Å². The van der Waals surface area contributed by atoms with Gasteiger partial charge in [0.15, 0.2) is 0 Å². The summed E-state index contributed by atoms with van der Waals surface area (Å²) >= 11 is 0. The van der Waals surface area contributed by atoms with Crippen LogP contribution >= 0.6 is 0 Å². The molecule has 0 spiro atoms. The Balaban J connectivity index is 1.93. The first-order valence-electron chi connectivity index (χ1n) is 9.10. The Hall–Kier alpha value is -3.02. The van der Waals surface area contributed by atoms with Gasteiger partial charge in [-0.25, -0.2) is 0 Å². The van der Waals surface area contributed by atoms with E-state index in [1.54, 1.807) is 0 Å². The zero-order valence-electron chi connectivity index (χ0n) is 15.8. The summed E-state index contributed by atoms with van der Waals surface area (Å²) in [6, 6.07) is 14.9. The van der Waals surface area contributed by atoms with Crippen LogP contribution in [0.3, 0.4) is 0 Å². The maximum Gasteiger partial charge on any atom is 0.119 e. The lowest BCUT2D eigenvalue weighted by Gasteiger charge is -2.09. The topological polar surface area (TPSA) is 83.6 Å². The van der Waals surface area contributed by atoms with Crippen molar-refractivity contribution in [3.8, 4) is 11.5 Å². The van der Waals surface area contributed by atoms with Crippen molar-refractivity contribution in [3.63, 3.8) is 0 Å². The van der Waals surface area contributed by atoms with Crippen LogP contribution in [0, 0.1) is 0 Å². The first-order chi connectivity index (χ1) is 13.2. The normalized spacial score (nSPS) is 12.1. The van der Waals surface area contributed by atoms with Gasteiger partial charge in [-0.15, -0.1) is 0 Å². The Morgan fingerprint density at radius 1 is 0.704 bits per heavy atom. The molecule has 6 heteroatoms. The summed E-state index contributed by atoms with van der Waals surface area (Å²) in [4.78, 5) is 0. The molecule has 0 aliphatic carbocycles. The van der Waals surface area contributed by atoms with E-state index in [9.17, 15) is 10.4 Å². The third-order valence-electron chi connectivity index (χ3n) is 4.07. The van der Waals surface area contributed by atoms with Crippen molar-refractivity contribution in [2.75, 3.05) is 13.2 Å². The number of rotatable bonds is 10. The molecule has 0 fully saturated rings. The number of ether oxygens (including phenoxy) is 2. The van der Waals surface area contributed by atoms with Crippen molar-refractivity contribution >= 4 is 11.4 Å². The molecule has 0 atom stereocenters. The van der Waals surface area contributed by atoms with Crippen LogP contribution in [0.15, 0.2) is 58.8 Å². The lowest BCUT2D eigenvalue weighted by atomic mass is 10.0. The van der Waals surface area contributed by atoms with Crippen LogP contribution in [0.5, 0.6) is 11.5 Å². The Labute approximate surface area is 159 Å². The summed E-state index contributed by atoms with van der Waals surface area (Å²) in [7, 11) is 0. The molecule has 6 nitrogen and oxygen atoms in total. The predicted molar refractivity (Wildman–Crippen MR) is 106 cm³/mol. The summed E-state index contributed by atoms with van der Waals surface area (Å²) in [6.07, 6.45) is 1.79. The Morgan fingerprint density at radius 2 is 1.07 bits per heavy atom. The van der Waals surface area contributed by atoms with Gasteiger partial charge < -0.3 is 19.9 Å². The van der Waals surface area contributed by atoms with Gasteiger partial charge in [-0.2, -0.15) is 0 Å². The van der Waals surface area contributed by atoms with Crippen molar-refractivity contribution in [2.24, 2.45) is 10.3 Å². The van der Waals surface area contributed by atoms with Crippen LogP contribution in [0.1, 0.15) is 44.2 Å². The third-order valence-corrected chi connectivity index (χ3v) is 4.07. The van der Waals surface area contributed by atoms with Crippen molar-refractivity contribution in [1.82, 2.24) is 0 Å². The highest BCUT2D eigenvalue weighted by molar-refractivity contribution is 6.02. The summed E-state index contributed by atoms with van der Waals surface area (Å²) in [5.41, 5.74) is 2.85. The average molecular weight is 370 g/mol. The lowest BCUT2D eigenvalue weighted by molar-refractivity contribution is 0.317. The van der Waals surface area contributed by atoms with E-state index >= 15 is 0 Å². The third kappa shape index (κ3) is 6.02. The SMILES string of the molecule is CCOc1ccc(C(CCCC(=NO)c2ccc(OCC)cc2)=NO)cc1. The van der Waals surface area contributed by atoms with E-state index in [-0.39, 0.29) is 0 Å². The largest absolute Gasteiger partial charge is 0.494 e. The molecular formula is C21H26N2O4. The number of oxime groups is 2.